The van der Waals surface area contributed by atoms with Crippen molar-refractivity contribution in [3.8, 4) is 0 Å². The van der Waals surface area contributed by atoms with Crippen LogP contribution in [0.3, 0.4) is 0 Å². The normalized spacial score (nSPS) is 17.1. The van der Waals surface area contributed by atoms with E-state index in [1.807, 2.05) is 18.3 Å². The topological polar surface area (TPSA) is 63.6 Å². The zero-order chi connectivity index (χ0) is 17.7. The summed E-state index contributed by atoms with van der Waals surface area (Å²) in [6.07, 6.45) is 7.68. The van der Waals surface area contributed by atoms with Gasteiger partial charge in [0.2, 0.25) is 0 Å². The number of Topliss-reactive ketones (excluding diaryl/α,β-unsaturated/α-hetero) is 1. The molecular weight excluding hydrogens is 344 g/mol. The number of carbonyl (C=O) groups is 1. The Bertz CT molecular complexity index is 981. The summed E-state index contributed by atoms with van der Waals surface area (Å²) in [6, 6.07) is 6.73. The number of H-pyrrole nitrogens is 1. The van der Waals surface area contributed by atoms with Gasteiger partial charge < -0.3 is 9.55 Å². The summed E-state index contributed by atoms with van der Waals surface area (Å²) >= 11 is 1.53. The Morgan fingerprint density at radius 2 is 2.12 bits per heavy atom. The van der Waals surface area contributed by atoms with E-state index in [-0.39, 0.29) is 5.78 Å². The lowest BCUT2D eigenvalue weighted by atomic mass is 10.1. The minimum atomic E-state index is 0.146. The van der Waals surface area contributed by atoms with E-state index in [0.29, 0.717) is 17.7 Å². The number of fused-ring (bicyclic) bond motifs is 1. The second-order valence-electron chi connectivity index (χ2n) is 7.32. The number of para-hydroxylation sites is 1. The van der Waals surface area contributed by atoms with Gasteiger partial charge in [-0.05, 0) is 37.7 Å². The van der Waals surface area contributed by atoms with Crippen LogP contribution < -0.4 is 0 Å². The molecule has 1 aromatic carbocycles. The molecule has 26 heavy (non-hydrogen) atoms. The van der Waals surface area contributed by atoms with Crippen molar-refractivity contribution in [1.29, 1.82) is 0 Å². The van der Waals surface area contributed by atoms with Crippen molar-refractivity contribution in [2.75, 3.05) is 5.75 Å². The molecule has 1 N–H and O–H groups in total. The summed E-state index contributed by atoms with van der Waals surface area (Å²) < 4.78 is 2.31. The van der Waals surface area contributed by atoms with Gasteiger partial charge in [-0.25, -0.2) is 0 Å². The zero-order valence-electron chi connectivity index (χ0n) is 14.9. The van der Waals surface area contributed by atoms with E-state index >= 15 is 0 Å². The van der Waals surface area contributed by atoms with E-state index in [9.17, 15) is 4.79 Å². The van der Waals surface area contributed by atoms with Crippen LogP contribution in [0.25, 0.3) is 10.9 Å². The maximum atomic E-state index is 12.8. The predicted octanol–water partition coefficient (Wildman–Crippen LogP) is 4.51. The highest BCUT2D eigenvalue weighted by Gasteiger charge is 2.36. The molecule has 2 saturated carbocycles. The minimum absolute atomic E-state index is 0.146. The first-order valence-electron chi connectivity index (χ1n) is 9.46. The van der Waals surface area contributed by atoms with Crippen LogP contribution >= 0.6 is 11.8 Å². The minimum Gasteiger partial charge on any atom is -0.360 e. The molecule has 0 aliphatic heterocycles. The summed E-state index contributed by atoms with van der Waals surface area (Å²) in [5, 5.41) is 10.8. The Kier molecular flexibility index (Phi) is 3.89. The first-order chi connectivity index (χ1) is 12.8. The number of nitrogens with zero attached hydrogens (tertiary/aromatic N) is 3. The molecule has 0 bridgehead atoms. The number of carbonyl (C=O) groups excluding carboxylic acids is 1. The van der Waals surface area contributed by atoms with Gasteiger partial charge in [0, 0.05) is 34.6 Å². The number of hydrogen-bond donors (Lipinski definition) is 1. The van der Waals surface area contributed by atoms with E-state index in [2.05, 4.69) is 32.7 Å². The fourth-order valence-corrected chi connectivity index (χ4v) is 4.53. The first-order valence-corrected chi connectivity index (χ1v) is 10.4. The average Bonchev–Trinajstić information content (AvgIpc) is 3.60. The van der Waals surface area contributed by atoms with Gasteiger partial charge in [0.05, 0.1) is 5.75 Å². The fraction of sp³-hybridized carbons (Fsp3) is 0.450. The highest BCUT2D eigenvalue weighted by molar-refractivity contribution is 7.99. The summed E-state index contributed by atoms with van der Waals surface area (Å²) in [4.78, 5) is 16.1. The maximum absolute atomic E-state index is 12.8. The summed E-state index contributed by atoms with van der Waals surface area (Å²) in [6.45, 7) is 2.13. The van der Waals surface area contributed by atoms with Gasteiger partial charge in [-0.2, -0.15) is 0 Å². The molecule has 0 atom stereocenters. The Morgan fingerprint density at radius 1 is 1.27 bits per heavy atom. The molecule has 0 saturated heterocycles. The number of thioether (sulfide) groups is 1. The smallest absolute Gasteiger partial charge is 0.191 e. The van der Waals surface area contributed by atoms with Crippen LogP contribution in [0.1, 0.15) is 66.3 Å². The van der Waals surface area contributed by atoms with Crippen molar-refractivity contribution in [3.05, 3.63) is 41.3 Å². The molecule has 0 spiro atoms. The van der Waals surface area contributed by atoms with E-state index < -0.39 is 0 Å². The Balaban J connectivity index is 1.37. The Morgan fingerprint density at radius 3 is 2.85 bits per heavy atom. The van der Waals surface area contributed by atoms with Crippen molar-refractivity contribution in [2.45, 2.75) is 56.1 Å². The van der Waals surface area contributed by atoms with Gasteiger partial charge in [0.1, 0.15) is 5.82 Å². The van der Waals surface area contributed by atoms with Crippen LogP contribution in [0.15, 0.2) is 29.6 Å². The average molecular weight is 366 g/mol. The van der Waals surface area contributed by atoms with Crippen LogP contribution in [0.4, 0.5) is 0 Å². The third-order valence-electron chi connectivity index (χ3n) is 5.36. The number of aromatic nitrogens is 4. The quantitative estimate of drug-likeness (QED) is 0.494. The van der Waals surface area contributed by atoms with E-state index in [1.54, 1.807) is 0 Å². The van der Waals surface area contributed by atoms with Crippen molar-refractivity contribution < 1.29 is 4.79 Å². The number of ketones is 1. The SMILES string of the molecule is CCc1cccc2c(C(=O)CSc3nnc(C4CC4)n3C3CC3)c[nH]c12. The third-order valence-corrected chi connectivity index (χ3v) is 6.30. The van der Waals surface area contributed by atoms with Gasteiger partial charge >= 0.3 is 0 Å². The lowest BCUT2D eigenvalue weighted by Crippen LogP contribution is -2.05. The Labute approximate surface area is 156 Å². The molecular formula is C20H22N4OS. The molecule has 2 aliphatic carbocycles. The van der Waals surface area contributed by atoms with E-state index in [0.717, 1.165) is 33.9 Å². The third kappa shape index (κ3) is 2.76. The van der Waals surface area contributed by atoms with Crippen molar-refractivity contribution in [3.63, 3.8) is 0 Å². The number of nitrogens with one attached hydrogen (secondary N) is 1. The summed E-state index contributed by atoms with van der Waals surface area (Å²) in [5.41, 5.74) is 3.11. The largest absolute Gasteiger partial charge is 0.360 e. The Hall–Kier alpha value is -2.08. The standard InChI is InChI=1S/C20H22N4OS/c1-2-12-4-3-5-15-16(10-21-18(12)15)17(25)11-26-20-23-22-19(13-6-7-13)24(20)14-8-9-14/h3-5,10,13-14,21H,2,6-9,11H2,1H3. The number of hydrogen-bond acceptors (Lipinski definition) is 4. The van der Waals surface area contributed by atoms with E-state index in [1.165, 1.54) is 43.0 Å². The van der Waals surface area contributed by atoms with Gasteiger partial charge in [-0.1, -0.05) is 36.9 Å². The van der Waals surface area contributed by atoms with Crippen LogP contribution in [0.5, 0.6) is 0 Å². The second kappa shape index (κ2) is 6.27. The fourth-order valence-electron chi connectivity index (χ4n) is 3.63. The molecule has 2 fully saturated rings. The van der Waals surface area contributed by atoms with Crippen molar-refractivity contribution >= 4 is 28.4 Å². The maximum Gasteiger partial charge on any atom is 0.191 e. The monoisotopic (exact) mass is 366 g/mol. The molecule has 2 aliphatic rings. The van der Waals surface area contributed by atoms with Gasteiger partial charge in [-0.3, -0.25) is 4.79 Å². The van der Waals surface area contributed by atoms with Crippen LogP contribution in [-0.2, 0) is 6.42 Å². The molecule has 0 amide bonds. The highest BCUT2D eigenvalue weighted by atomic mass is 32.2. The van der Waals surface area contributed by atoms with Gasteiger partial charge in [-0.15, -0.1) is 10.2 Å². The van der Waals surface area contributed by atoms with Crippen LogP contribution in [0, 0.1) is 0 Å². The van der Waals surface area contributed by atoms with Gasteiger partial charge in [0.15, 0.2) is 10.9 Å². The lowest BCUT2D eigenvalue weighted by Gasteiger charge is -2.07. The molecule has 2 aromatic heterocycles. The molecule has 0 radical (unpaired) electrons. The van der Waals surface area contributed by atoms with Crippen molar-refractivity contribution in [2.24, 2.45) is 0 Å². The molecule has 134 valence electrons. The zero-order valence-corrected chi connectivity index (χ0v) is 15.7. The lowest BCUT2D eigenvalue weighted by molar-refractivity contribution is 0.102. The molecule has 6 heteroatoms. The number of rotatable bonds is 7. The summed E-state index contributed by atoms with van der Waals surface area (Å²) in [7, 11) is 0. The molecule has 2 heterocycles. The van der Waals surface area contributed by atoms with Crippen molar-refractivity contribution in [1.82, 2.24) is 19.7 Å². The number of aryl methyl sites for hydroxylation is 1. The number of benzene rings is 1. The molecule has 5 rings (SSSR count). The molecule has 5 nitrogen and oxygen atoms in total. The summed E-state index contributed by atoms with van der Waals surface area (Å²) in [5.74, 6) is 2.28. The van der Waals surface area contributed by atoms with E-state index in [4.69, 9.17) is 0 Å². The van der Waals surface area contributed by atoms with Gasteiger partial charge in [0.25, 0.3) is 0 Å². The number of aromatic amines is 1. The molecule has 0 unspecified atom stereocenters. The second-order valence-corrected chi connectivity index (χ2v) is 8.27. The highest BCUT2D eigenvalue weighted by Crippen LogP contribution is 2.46. The molecule has 3 aromatic rings. The van der Waals surface area contributed by atoms with Crippen LogP contribution in [-0.4, -0.2) is 31.3 Å². The van der Waals surface area contributed by atoms with Crippen LogP contribution in [0.2, 0.25) is 0 Å². The first kappa shape index (κ1) is 16.1. The predicted molar refractivity (Wildman–Crippen MR) is 103 cm³/mol.